The van der Waals surface area contributed by atoms with Crippen molar-refractivity contribution < 1.29 is 14.2 Å². The number of allylic oxidation sites excluding steroid dienone is 1. The zero-order chi connectivity index (χ0) is 13.2. The van der Waals surface area contributed by atoms with Gasteiger partial charge in [0.15, 0.2) is 0 Å². The molecule has 3 nitrogen and oxygen atoms in total. The molecule has 5 atom stereocenters. The summed E-state index contributed by atoms with van der Waals surface area (Å²) in [7, 11) is 1.82. The molecule has 3 fully saturated rings. The molecule has 3 heteroatoms. The van der Waals surface area contributed by atoms with E-state index in [0.717, 1.165) is 25.2 Å². The molecule has 19 heavy (non-hydrogen) atoms. The van der Waals surface area contributed by atoms with E-state index < -0.39 is 0 Å². The van der Waals surface area contributed by atoms with Gasteiger partial charge in [0.1, 0.15) is 0 Å². The molecule has 0 radical (unpaired) electrons. The Morgan fingerprint density at radius 1 is 1.16 bits per heavy atom. The van der Waals surface area contributed by atoms with Crippen molar-refractivity contribution in [2.75, 3.05) is 13.7 Å². The molecule has 2 aliphatic carbocycles. The Bertz CT molecular complexity index is 328. The number of rotatable bonds is 5. The molecule has 0 aromatic rings. The molecule has 2 saturated carbocycles. The lowest BCUT2D eigenvalue weighted by Crippen LogP contribution is -2.25. The average Bonchev–Trinajstić information content (AvgIpc) is 3.23. The van der Waals surface area contributed by atoms with Gasteiger partial charge >= 0.3 is 0 Å². The van der Waals surface area contributed by atoms with Crippen LogP contribution in [0.5, 0.6) is 0 Å². The summed E-state index contributed by atoms with van der Waals surface area (Å²) in [5.74, 6) is 2.16. The highest BCUT2D eigenvalue weighted by Gasteiger charge is 2.44. The molecule has 3 aliphatic rings. The highest BCUT2D eigenvalue weighted by molar-refractivity contribution is 5.01. The van der Waals surface area contributed by atoms with Crippen LogP contribution < -0.4 is 0 Å². The maximum Gasteiger partial charge on any atom is 0.0920 e. The van der Waals surface area contributed by atoms with Crippen LogP contribution in [0.2, 0.25) is 0 Å². The molecule has 0 N–H and O–H groups in total. The Labute approximate surface area is 116 Å². The maximum atomic E-state index is 5.98. The largest absolute Gasteiger partial charge is 0.498 e. The van der Waals surface area contributed by atoms with Crippen molar-refractivity contribution in [3.63, 3.8) is 0 Å². The first-order valence-corrected chi connectivity index (χ1v) is 7.76. The fraction of sp³-hybridized carbons (Fsp3) is 0.875. The molecule has 0 amide bonds. The van der Waals surface area contributed by atoms with Crippen LogP contribution in [0, 0.1) is 11.8 Å². The first-order chi connectivity index (χ1) is 9.26. The Morgan fingerprint density at radius 3 is 2.84 bits per heavy atom. The van der Waals surface area contributed by atoms with Gasteiger partial charge in [-0.1, -0.05) is 13.0 Å². The van der Waals surface area contributed by atoms with Gasteiger partial charge < -0.3 is 14.2 Å². The van der Waals surface area contributed by atoms with Gasteiger partial charge in [0.25, 0.3) is 0 Å². The quantitative estimate of drug-likeness (QED) is 0.565. The predicted molar refractivity (Wildman–Crippen MR) is 73.8 cm³/mol. The van der Waals surface area contributed by atoms with Gasteiger partial charge in [0.05, 0.1) is 30.7 Å². The zero-order valence-corrected chi connectivity index (χ0v) is 12.0. The fourth-order valence-corrected chi connectivity index (χ4v) is 3.65. The van der Waals surface area contributed by atoms with E-state index in [0.29, 0.717) is 30.1 Å². The molecule has 0 aromatic carbocycles. The van der Waals surface area contributed by atoms with Crippen molar-refractivity contribution >= 4 is 0 Å². The van der Waals surface area contributed by atoms with E-state index in [-0.39, 0.29) is 0 Å². The number of fused-ring (bicyclic) bond motifs is 1. The lowest BCUT2D eigenvalue weighted by molar-refractivity contribution is 0.0264. The van der Waals surface area contributed by atoms with Gasteiger partial charge in [-0.25, -0.2) is 0 Å². The summed E-state index contributed by atoms with van der Waals surface area (Å²) in [5.41, 5.74) is 0. The third-order valence-corrected chi connectivity index (χ3v) is 5.03. The average molecular weight is 266 g/mol. The normalized spacial score (nSPS) is 41.4. The third kappa shape index (κ3) is 3.32. The summed E-state index contributed by atoms with van der Waals surface area (Å²) in [5, 5.41) is 0. The van der Waals surface area contributed by atoms with Crippen LogP contribution in [0.25, 0.3) is 0 Å². The molecule has 1 heterocycles. The Balaban J connectivity index is 1.40. The minimum absolute atomic E-state index is 0.436. The highest BCUT2D eigenvalue weighted by atomic mass is 16.6. The molecular weight excluding hydrogens is 240 g/mol. The van der Waals surface area contributed by atoms with E-state index in [1.807, 2.05) is 7.11 Å². The lowest BCUT2D eigenvalue weighted by Gasteiger charge is -2.29. The van der Waals surface area contributed by atoms with E-state index in [2.05, 4.69) is 6.58 Å². The lowest BCUT2D eigenvalue weighted by atomic mass is 9.87. The number of epoxide rings is 1. The summed E-state index contributed by atoms with van der Waals surface area (Å²) < 4.78 is 17.0. The van der Waals surface area contributed by atoms with Gasteiger partial charge in [-0.2, -0.15) is 0 Å². The van der Waals surface area contributed by atoms with Gasteiger partial charge in [0.2, 0.25) is 0 Å². The molecule has 108 valence electrons. The number of ether oxygens (including phenoxy) is 3. The van der Waals surface area contributed by atoms with Crippen molar-refractivity contribution in [1.82, 2.24) is 0 Å². The van der Waals surface area contributed by atoms with Crippen molar-refractivity contribution in [1.29, 1.82) is 0 Å². The predicted octanol–water partition coefficient (Wildman–Crippen LogP) is 3.29. The molecule has 1 saturated heterocycles. The monoisotopic (exact) mass is 266 g/mol. The second-order valence-electron chi connectivity index (χ2n) is 6.39. The Kier molecular flexibility index (Phi) is 4.13. The highest BCUT2D eigenvalue weighted by Crippen LogP contribution is 2.42. The second kappa shape index (κ2) is 5.84. The van der Waals surface area contributed by atoms with Gasteiger partial charge in [0, 0.05) is 13.0 Å². The Hall–Kier alpha value is -0.540. The molecule has 0 bridgehead atoms. The van der Waals surface area contributed by atoms with Gasteiger partial charge in [-0.15, -0.1) is 0 Å². The Morgan fingerprint density at radius 2 is 2.05 bits per heavy atom. The second-order valence-corrected chi connectivity index (χ2v) is 6.39. The third-order valence-electron chi connectivity index (χ3n) is 5.03. The standard InChI is InChI=1S/C16H26O3/c1-11(13-6-7-15-16(9-13)19-15)18-10-12-4-3-5-14(8-12)17-2/h12-16H,1,3-10H2,2H3. The van der Waals surface area contributed by atoms with Gasteiger partial charge in [-0.3, -0.25) is 0 Å². The first-order valence-electron chi connectivity index (χ1n) is 7.76. The van der Waals surface area contributed by atoms with E-state index >= 15 is 0 Å². The first kappa shape index (κ1) is 13.4. The summed E-state index contributed by atoms with van der Waals surface area (Å²) >= 11 is 0. The summed E-state index contributed by atoms with van der Waals surface area (Å²) in [6.07, 6.45) is 9.88. The molecule has 3 rings (SSSR count). The smallest absolute Gasteiger partial charge is 0.0920 e. The van der Waals surface area contributed by atoms with E-state index in [9.17, 15) is 0 Å². The van der Waals surface area contributed by atoms with Crippen molar-refractivity contribution in [2.24, 2.45) is 11.8 Å². The molecule has 0 spiro atoms. The molecular formula is C16H26O3. The topological polar surface area (TPSA) is 31.0 Å². The van der Waals surface area contributed by atoms with Crippen LogP contribution >= 0.6 is 0 Å². The number of methoxy groups -OCH3 is 1. The maximum absolute atomic E-state index is 5.98. The minimum Gasteiger partial charge on any atom is -0.498 e. The number of hydrogen-bond donors (Lipinski definition) is 0. The number of hydrogen-bond acceptors (Lipinski definition) is 3. The SMILES string of the molecule is C=C(OCC1CCCC(OC)C1)C1CCC2OC2C1. The fourth-order valence-electron chi connectivity index (χ4n) is 3.65. The van der Waals surface area contributed by atoms with Crippen molar-refractivity contribution in [3.8, 4) is 0 Å². The summed E-state index contributed by atoms with van der Waals surface area (Å²) in [6.45, 7) is 4.97. The van der Waals surface area contributed by atoms with Crippen LogP contribution in [-0.4, -0.2) is 32.0 Å². The molecule has 5 unspecified atom stereocenters. The van der Waals surface area contributed by atoms with E-state index in [4.69, 9.17) is 14.2 Å². The summed E-state index contributed by atoms with van der Waals surface area (Å²) in [6, 6.07) is 0. The van der Waals surface area contributed by atoms with Crippen LogP contribution in [0.15, 0.2) is 12.3 Å². The van der Waals surface area contributed by atoms with Crippen LogP contribution in [0.3, 0.4) is 0 Å². The van der Waals surface area contributed by atoms with E-state index in [1.165, 1.54) is 32.1 Å². The van der Waals surface area contributed by atoms with Crippen LogP contribution in [0.1, 0.15) is 44.9 Å². The zero-order valence-electron chi connectivity index (χ0n) is 12.0. The minimum atomic E-state index is 0.436. The van der Waals surface area contributed by atoms with Gasteiger partial charge in [-0.05, 0) is 44.4 Å². The van der Waals surface area contributed by atoms with Crippen molar-refractivity contribution in [2.45, 2.75) is 63.3 Å². The van der Waals surface area contributed by atoms with Crippen molar-refractivity contribution in [3.05, 3.63) is 12.3 Å². The summed E-state index contributed by atoms with van der Waals surface area (Å²) in [4.78, 5) is 0. The molecule has 0 aromatic heterocycles. The van der Waals surface area contributed by atoms with E-state index in [1.54, 1.807) is 0 Å². The van der Waals surface area contributed by atoms with Crippen LogP contribution in [-0.2, 0) is 14.2 Å². The van der Waals surface area contributed by atoms with Crippen LogP contribution in [0.4, 0.5) is 0 Å². The molecule has 1 aliphatic heterocycles.